The first-order chi connectivity index (χ1) is 11.5. The van der Waals surface area contributed by atoms with Crippen molar-refractivity contribution < 1.29 is 18.7 Å². The number of carbonyl (C=O) groups is 1. The van der Waals surface area contributed by atoms with Gasteiger partial charge in [-0.3, -0.25) is 9.79 Å². The fourth-order valence-corrected chi connectivity index (χ4v) is 1.88. The van der Waals surface area contributed by atoms with E-state index in [0.29, 0.717) is 25.6 Å². The number of ether oxygens (including phenoxy) is 2. The molecular weight excluding hydrogens is 313 g/mol. The zero-order valence-electron chi connectivity index (χ0n) is 14.6. The number of esters is 1. The number of para-hydroxylation sites is 1. The van der Waals surface area contributed by atoms with E-state index in [2.05, 4.69) is 20.4 Å². The van der Waals surface area contributed by atoms with E-state index in [9.17, 15) is 9.18 Å². The second kappa shape index (κ2) is 10.5. The molecule has 0 saturated carbocycles. The average Bonchev–Trinajstić information content (AvgIpc) is 2.58. The topological polar surface area (TPSA) is 72.0 Å². The molecule has 0 bridgehead atoms. The van der Waals surface area contributed by atoms with Crippen LogP contribution in [0.5, 0.6) is 5.75 Å². The normalized spacial score (nSPS) is 13.8. The predicted octanol–water partition coefficient (Wildman–Crippen LogP) is 1.96. The van der Waals surface area contributed by atoms with E-state index in [0.717, 1.165) is 0 Å². The number of hydrogen-bond donors (Lipinski definition) is 2. The zero-order valence-corrected chi connectivity index (χ0v) is 14.6. The number of nitrogens with one attached hydrogen (secondary N) is 2. The van der Waals surface area contributed by atoms with Gasteiger partial charge in [0, 0.05) is 6.54 Å². The van der Waals surface area contributed by atoms with Gasteiger partial charge in [-0.2, -0.15) is 0 Å². The molecule has 1 aromatic carbocycles. The van der Waals surface area contributed by atoms with Crippen LogP contribution in [0.2, 0.25) is 0 Å². The van der Waals surface area contributed by atoms with Crippen molar-refractivity contribution in [2.45, 2.75) is 26.9 Å². The number of halogens is 1. The Morgan fingerprint density at radius 3 is 2.62 bits per heavy atom. The highest BCUT2D eigenvalue weighted by Gasteiger charge is 2.13. The Morgan fingerprint density at radius 2 is 2.00 bits per heavy atom. The van der Waals surface area contributed by atoms with Crippen LogP contribution in [0.15, 0.2) is 29.3 Å². The summed E-state index contributed by atoms with van der Waals surface area (Å²) in [4.78, 5) is 15.7. The van der Waals surface area contributed by atoms with Crippen molar-refractivity contribution in [1.29, 1.82) is 0 Å². The molecule has 1 rings (SSSR count). The second-order valence-corrected chi connectivity index (χ2v) is 5.38. The van der Waals surface area contributed by atoms with E-state index in [1.54, 1.807) is 25.1 Å². The van der Waals surface area contributed by atoms with Crippen LogP contribution < -0.4 is 15.4 Å². The first-order valence-electron chi connectivity index (χ1n) is 7.99. The highest BCUT2D eigenvalue weighted by molar-refractivity contribution is 5.80. The van der Waals surface area contributed by atoms with Crippen LogP contribution >= 0.6 is 0 Å². The SMILES string of the molecule is CCNC(=NCC(C)C(=O)OC)NCC(C)Oc1ccccc1F. The van der Waals surface area contributed by atoms with E-state index in [1.165, 1.54) is 13.2 Å². The van der Waals surface area contributed by atoms with Crippen LogP contribution in [0, 0.1) is 11.7 Å². The molecule has 2 atom stereocenters. The van der Waals surface area contributed by atoms with Gasteiger partial charge in [0.2, 0.25) is 0 Å². The van der Waals surface area contributed by atoms with Gasteiger partial charge in [0.25, 0.3) is 0 Å². The van der Waals surface area contributed by atoms with Gasteiger partial charge in [0.1, 0.15) is 6.10 Å². The number of hydrogen-bond acceptors (Lipinski definition) is 4. The fourth-order valence-electron chi connectivity index (χ4n) is 1.88. The minimum Gasteiger partial charge on any atom is -0.486 e. The van der Waals surface area contributed by atoms with Crippen molar-refractivity contribution in [3.05, 3.63) is 30.1 Å². The average molecular weight is 339 g/mol. The van der Waals surface area contributed by atoms with Gasteiger partial charge in [-0.05, 0) is 26.0 Å². The number of aliphatic imine (C=N–C) groups is 1. The lowest BCUT2D eigenvalue weighted by molar-refractivity contribution is -0.144. The molecule has 24 heavy (non-hydrogen) atoms. The number of carbonyl (C=O) groups excluding carboxylic acids is 1. The number of benzene rings is 1. The Balaban J connectivity index is 2.53. The molecule has 134 valence electrons. The van der Waals surface area contributed by atoms with E-state index in [1.807, 2.05) is 13.8 Å². The van der Waals surface area contributed by atoms with Gasteiger partial charge in [-0.15, -0.1) is 0 Å². The molecule has 0 spiro atoms. The molecule has 0 amide bonds. The van der Waals surface area contributed by atoms with E-state index in [-0.39, 0.29) is 23.7 Å². The van der Waals surface area contributed by atoms with Crippen LogP contribution in [-0.4, -0.2) is 44.8 Å². The van der Waals surface area contributed by atoms with Crippen molar-refractivity contribution >= 4 is 11.9 Å². The lowest BCUT2D eigenvalue weighted by Crippen LogP contribution is -2.42. The van der Waals surface area contributed by atoms with Crippen LogP contribution in [0.4, 0.5) is 4.39 Å². The van der Waals surface area contributed by atoms with Gasteiger partial charge >= 0.3 is 5.97 Å². The van der Waals surface area contributed by atoms with Crippen molar-refractivity contribution in [3.63, 3.8) is 0 Å². The molecule has 2 unspecified atom stereocenters. The van der Waals surface area contributed by atoms with E-state index >= 15 is 0 Å². The maximum absolute atomic E-state index is 13.6. The molecule has 0 saturated heterocycles. The lowest BCUT2D eigenvalue weighted by atomic mass is 10.2. The first-order valence-corrected chi connectivity index (χ1v) is 7.99. The van der Waals surface area contributed by atoms with Crippen LogP contribution in [-0.2, 0) is 9.53 Å². The summed E-state index contributed by atoms with van der Waals surface area (Å²) >= 11 is 0. The molecule has 0 aliphatic rings. The van der Waals surface area contributed by atoms with Gasteiger partial charge in [-0.1, -0.05) is 19.1 Å². The summed E-state index contributed by atoms with van der Waals surface area (Å²) in [7, 11) is 1.35. The standard InChI is InChI=1S/C17H26FN3O3/c1-5-19-17(20-10-12(2)16(22)23-4)21-11-13(3)24-15-9-7-6-8-14(15)18/h6-9,12-13H,5,10-11H2,1-4H3,(H2,19,20,21). The highest BCUT2D eigenvalue weighted by Crippen LogP contribution is 2.16. The van der Waals surface area contributed by atoms with Crippen molar-refractivity contribution in [2.24, 2.45) is 10.9 Å². The van der Waals surface area contributed by atoms with Gasteiger partial charge in [0.05, 0.1) is 26.1 Å². The Morgan fingerprint density at radius 1 is 1.29 bits per heavy atom. The van der Waals surface area contributed by atoms with E-state index < -0.39 is 5.82 Å². The summed E-state index contributed by atoms with van der Waals surface area (Å²) in [6.45, 7) is 6.96. The Hall–Kier alpha value is -2.31. The summed E-state index contributed by atoms with van der Waals surface area (Å²) in [5.41, 5.74) is 0. The molecule has 0 fully saturated rings. The zero-order chi connectivity index (χ0) is 17.9. The van der Waals surface area contributed by atoms with Crippen LogP contribution in [0.25, 0.3) is 0 Å². The largest absolute Gasteiger partial charge is 0.486 e. The Bertz CT molecular complexity index is 552. The van der Waals surface area contributed by atoms with Crippen molar-refractivity contribution in [1.82, 2.24) is 10.6 Å². The Labute approximate surface area is 142 Å². The quantitative estimate of drug-likeness (QED) is 0.430. The number of rotatable bonds is 8. The molecule has 0 aromatic heterocycles. The van der Waals surface area contributed by atoms with Crippen molar-refractivity contribution in [3.8, 4) is 5.75 Å². The smallest absolute Gasteiger partial charge is 0.310 e. The second-order valence-electron chi connectivity index (χ2n) is 5.38. The van der Waals surface area contributed by atoms with Gasteiger partial charge in [0.15, 0.2) is 17.5 Å². The third-order valence-electron chi connectivity index (χ3n) is 3.19. The third-order valence-corrected chi connectivity index (χ3v) is 3.19. The Kier molecular flexibility index (Phi) is 8.60. The number of guanidine groups is 1. The predicted molar refractivity (Wildman–Crippen MR) is 91.7 cm³/mol. The molecular formula is C17H26FN3O3. The summed E-state index contributed by atoms with van der Waals surface area (Å²) < 4.78 is 23.8. The van der Waals surface area contributed by atoms with Crippen LogP contribution in [0.1, 0.15) is 20.8 Å². The molecule has 6 nitrogen and oxygen atoms in total. The molecule has 0 radical (unpaired) electrons. The lowest BCUT2D eigenvalue weighted by Gasteiger charge is -2.18. The monoisotopic (exact) mass is 339 g/mol. The maximum Gasteiger partial charge on any atom is 0.310 e. The molecule has 1 aromatic rings. The summed E-state index contributed by atoms with van der Waals surface area (Å²) in [6, 6.07) is 6.28. The fraction of sp³-hybridized carbons (Fsp3) is 0.529. The summed E-state index contributed by atoms with van der Waals surface area (Å²) in [6.07, 6.45) is -0.260. The molecule has 0 heterocycles. The first kappa shape index (κ1) is 19.7. The summed E-state index contributed by atoms with van der Waals surface area (Å²) in [5.74, 6) is -0.231. The highest BCUT2D eigenvalue weighted by atomic mass is 19.1. The molecule has 7 heteroatoms. The number of methoxy groups -OCH3 is 1. The van der Waals surface area contributed by atoms with Gasteiger partial charge in [-0.25, -0.2) is 4.39 Å². The van der Waals surface area contributed by atoms with Crippen molar-refractivity contribution in [2.75, 3.05) is 26.7 Å². The molecule has 2 N–H and O–H groups in total. The maximum atomic E-state index is 13.6. The minimum absolute atomic E-state index is 0.216. The van der Waals surface area contributed by atoms with Crippen LogP contribution in [0.3, 0.4) is 0 Å². The third kappa shape index (κ3) is 6.85. The molecule has 0 aliphatic heterocycles. The summed E-state index contributed by atoms with van der Waals surface area (Å²) in [5, 5.41) is 6.19. The number of nitrogens with zero attached hydrogens (tertiary/aromatic N) is 1. The van der Waals surface area contributed by atoms with Gasteiger partial charge < -0.3 is 20.1 Å². The minimum atomic E-state index is -0.392. The molecule has 0 aliphatic carbocycles. The van der Waals surface area contributed by atoms with E-state index in [4.69, 9.17) is 4.74 Å².